The zero-order valence-electron chi connectivity index (χ0n) is 19.7. The van der Waals surface area contributed by atoms with E-state index in [0.29, 0.717) is 73.1 Å². The number of likely N-dealkylation sites (N-methyl/N-ethyl adjacent to an activating group) is 1. The molecule has 0 spiro atoms. The van der Waals surface area contributed by atoms with Crippen molar-refractivity contribution in [2.45, 2.75) is 5.92 Å². The van der Waals surface area contributed by atoms with Crippen molar-refractivity contribution in [3.63, 3.8) is 0 Å². The first-order valence-corrected chi connectivity index (χ1v) is 11.7. The normalized spacial score (nSPS) is 19.3. The molecule has 11 nitrogen and oxygen atoms in total. The molecule has 2 aromatic rings. The number of halogens is 1. The molecule has 0 saturated heterocycles. The zero-order chi connectivity index (χ0) is 24.8. The maximum atomic E-state index is 12.8. The number of nitrogens with zero attached hydrogens (tertiary/aromatic N) is 5. The molecule has 2 N–H and O–H groups in total. The number of hydrogen-bond acceptors (Lipinski definition) is 9. The third-order valence-electron chi connectivity index (χ3n) is 5.81. The third-order valence-corrected chi connectivity index (χ3v) is 6.12. The van der Waals surface area contributed by atoms with Crippen molar-refractivity contribution in [1.29, 1.82) is 0 Å². The minimum absolute atomic E-state index is 0.0289. The third kappa shape index (κ3) is 6.05. The summed E-state index contributed by atoms with van der Waals surface area (Å²) < 4.78 is 11.1. The minimum Gasteiger partial charge on any atom is -0.491 e. The van der Waals surface area contributed by atoms with Crippen molar-refractivity contribution in [3.8, 4) is 5.75 Å². The number of nitrogens with one attached hydrogen (secondary N) is 2. The Labute approximate surface area is 208 Å². The lowest BCUT2D eigenvalue weighted by Crippen LogP contribution is -2.42. The van der Waals surface area contributed by atoms with Crippen LogP contribution >= 0.6 is 11.6 Å². The molecule has 0 radical (unpaired) electrons. The van der Waals surface area contributed by atoms with Gasteiger partial charge in [-0.05, 0) is 12.1 Å². The number of anilines is 2. The van der Waals surface area contributed by atoms with E-state index >= 15 is 0 Å². The fraction of sp³-hybridized carbons (Fsp3) is 0.435. The second-order valence-electron chi connectivity index (χ2n) is 8.20. The van der Waals surface area contributed by atoms with E-state index in [1.165, 1.54) is 6.33 Å². The lowest BCUT2D eigenvalue weighted by molar-refractivity contribution is -0.131. The Morgan fingerprint density at radius 3 is 2.89 bits per heavy atom. The van der Waals surface area contributed by atoms with Gasteiger partial charge in [-0.1, -0.05) is 11.6 Å². The molecule has 2 amide bonds. The molecule has 2 aliphatic heterocycles. The number of aromatic nitrogens is 2. The molecule has 1 aromatic heterocycles. The van der Waals surface area contributed by atoms with E-state index in [2.05, 4.69) is 25.6 Å². The monoisotopic (exact) mass is 501 g/mol. The fourth-order valence-electron chi connectivity index (χ4n) is 3.80. The molecule has 186 valence electrons. The number of ether oxygens (including phenoxy) is 2. The predicted molar refractivity (Wildman–Crippen MR) is 133 cm³/mol. The van der Waals surface area contributed by atoms with Crippen LogP contribution in [0.4, 0.5) is 17.3 Å². The second-order valence-corrected chi connectivity index (χ2v) is 8.61. The van der Waals surface area contributed by atoms with Gasteiger partial charge in [0.05, 0.1) is 29.4 Å². The van der Waals surface area contributed by atoms with E-state index in [1.807, 2.05) is 4.90 Å². The first-order valence-electron chi connectivity index (χ1n) is 11.3. The van der Waals surface area contributed by atoms with E-state index < -0.39 is 5.92 Å². The summed E-state index contributed by atoms with van der Waals surface area (Å²) in [7, 11) is 3.38. The van der Waals surface area contributed by atoms with Crippen molar-refractivity contribution in [2.24, 2.45) is 4.99 Å². The average molecular weight is 502 g/mol. The zero-order valence-corrected chi connectivity index (χ0v) is 20.4. The van der Waals surface area contributed by atoms with Crippen LogP contribution in [0.1, 0.15) is 11.5 Å². The van der Waals surface area contributed by atoms with E-state index in [-0.39, 0.29) is 18.4 Å². The van der Waals surface area contributed by atoms with Crippen molar-refractivity contribution >= 4 is 47.0 Å². The Kier molecular flexibility index (Phi) is 8.11. The van der Waals surface area contributed by atoms with Gasteiger partial charge in [-0.15, -0.1) is 0 Å². The molecule has 0 aliphatic carbocycles. The maximum absolute atomic E-state index is 12.8. The highest BCUT2D eigenvalue weighted by atomic mass is 35.5. The number of methoxy groups -OCH3 is 1. The Balaban J connectivity index is 1.64. The Bertz CT molecular complexity index is 1110. The van der Waals surface area contributed by atoms with Crippen LogP contribution in [0.25, 0.3) is 0 Å². The number of fused-ring (bicyclic) bond motifs is 2. The van der Waals surface area contributed by atoms with Gasteiger partial charge in [-0.2, -0.15) is 0 Å². The van der Waals surface area contributed by atoms with Gasteiger partial charge in [0, 0.05) is 52.6 Å². The van der Waals surface area contributed by atoms with Crippen LogP contribution in [0, 0.1) is 0 Å². The largest absolute Gasteiger partial charge is 0.491 e. The molecule has 2 aliphatic rings. The quantitative estimate of drug-likeness (QED) is 0.652. The van der Waals surface area contributed by atoms with E-state index in [4.69, 9.17) is 21.1 Å². The smallest absolute Gasteiger partial charge is 0.238 e. The molecular weight excluding hydrogens is 474 g/mol. The fourth-order valence-corrected chi connectivity index (χ4v) is 3.97. The molecule has 1 unspecified atom stereocenters. The second kappa shape index (κ2) is 11.4. The van der Waals surface area contributed by atoms with E-state index in [9.17, 15) is 9.59 Å². The van der Waals surface area contributed by atoms with Crippen LogP contribution in [-0.2, 0) is 14.3 Å². The van der Waals surface area contributed by atoms with Gasteiger partial charge >= 0.3 is 0 Å². The molecule has 35 heavy (non-hydrogen) atoms. The van der Waals surface area contributed by atoms with Crippen molar-refractivity contribution in [1.82, 2.24) is 19.8 Å². The number of carbonyl (C=O) groups excluding carboxylic acids is 2. The average Bonchev–Trinajstić information content (AvgIpc) is 3.17. The lowest BCUT2D eigenvalue weighted by atomic mass is 10.0. The van der Waals surface area contributed by atoms with Crippen LogP contribution < -0.4 is 15.4 Å². The van der Waals surface area contributed by atoms with Crippen LogP contribution in [0.15, 0.2) is 29.5 Å². The van der Waals surface area contributed by atoms with Crippen LogP contribution in [-0.4, -0.2) is 97.9 Å². The summed E-state index contributed by atoms with van der Waals surface area (Å²) in [6.07, 6.45) is 2.95. The summed E-state index contributed by atoms with van der Waals surface area (Å²) in [6.45, 7) is 3.05. The maximum Gasteiger partial charge on any atom is 0.238 e. The number of amides is 2. The Hall–Kier alpha value is -3.28. The minimum atomic E-state index is -0.665. The summed E-state index contributed by atoms with van der Waals surface area (Å²) >= 11 is 6.33. The van der Waals surface area contributed by atoms with Crippen LogP contribution in [0.5, 0.6) is 5.75 Å². The highest BCUT2D eigenvalue weighted by molar-refractivity contribution is 6.32. The number of aliphatic imine (C=N–C) groups is 1. The van der Waals surface area contributed by atoms with Gasteiger partial charge in [0.2, 0.25) is 11.8 Å². The molecule has 0 saturated carbocycles. The van der Waals surface area contributed by atoms with Crippen molar-refractivity contribution in [3.05, 3.63) is 35.1 Å². The number of carbonyl (C=O) groups is 2. The van der Waals surface area contributed by atoms with Gasteiger partial charge < -0.3 is 25.0 Å². The highest BCUT2D eigenvalue weighted by Gasteiger charge is 2.33. The Morgan fingerprint density at radius 1 is 1.23 bits per heavy atom. The first-order chi connectivity index (χ1) is 17.0. The topological polar surface area (TPSA) is 121 Å². The summed E-state index contributed by atoms with van der Waals surface area (Å²) in [5, 5.41) is 6.46. The molecule has 2 bridgehead atoms. The number of hydrogen-bond donors (Lipinski definition) is 2. The standard InChI is InChI=1S/C23H28ClN7O4/c1-30-6-5-25-21-20-16(23(33)29-22(20)28-14-27-21)12-26-15-3-4-17(24)18(11-15)35-10-8-31(7-9-34-2)13-19(30)32/h3-4,11-12,14,16H,5-10,13H2,1-2H3,(H2,25,27,28,29,33). The first kappa shape index (κ1) is 24.8. The number of rotatable bonds is 3. The van der Waals surface area contributed by atoms with E-state index in [1.54, 1.807) is 43.5 Å². The van der Waals surface area contributed by atoms with Crippen molar-refractivity contribution in [2.75, 3.05) is 70.7 Å². The summed E-state index contributed by atoms with van der Waals surface area (Å²) in [5.74, 6) is 0.501. The Morgan fingerprint density at radius 2 is 2.06 bits per heavy atom. The predicted octanol–water partition coefficient (Wildman–Crippen LogP) is 1.78. The van der Waals surface area contributed by atoms with Gasteiger partial charge in [0.25, 0.3) is 0 Å². The molecule has 1 atom stereocenters. The summed E-state index contributed by atoms with van der Waals surface area (Å²) in [5.41, 5.74) is 1.21. The van der Waals surface area contributed by atoms with E-state index in [0.717, 1.165) is 0 Å². The summed E-state index contributed by atoms with van der Waals surface area (Å²) in [6, 6.07) is 5.16. The molecule has 1 aromatic carbocycles. The summed E-state index contributed by atoms with van der Waals surface area (Å²) in [4.78, 5) is 42.1. The van der Waals surface area contributed by atoms with Crippen molar-refractivity contribution < 1.29 is 19.1 Å². The van der Waals surface area contributed by atoms with Crippen LogP contribution in [0.3, 0.4) is 0 Å². The molecule has 0 fully saturated rings. The lowest BCUT2D eigenvalue weighted by Gasteiger charge is -2.25. The molecule has 4 rings (SSSR count). The highest BCUT2D eigenvalue weighted by Crippen LogP contribution is 2.35. The molecule has 12 heteroatoms. The molecule has 3 heterocycles. The van der Waals surface area contributed by atoms with Crippen LogP contribution in [0.2, 0.25) is 5.02 Å². The van der Waals surface area contributed by atoms with Gasteiger partial charge in [-0.25, -0.2) is 9.97 Å². The molecular formula is C23H28ClN7O4. The van der Waals surface area contributed by atoms with Gasteiger partial charge in [0.15, 0.2) is 0 Å². The van der Waals surface area contributed by atoms with Gasteiger partial charge in [-0.3, -0.25) is 19.5 Å². The number of benzene rings is 1. The SMILES string of the molecule is COCCN1CCOc2cc(ccc2Cl)N=CC2C(=O)Nc3ncnc(c32)NCCN(C)C(=O)C1. The van der Waals surface area contributed by atoms with Gasteiger partial charge in [0.1, 0.15) is 36.2 Å².